The number of nitrogens with zero attached hydrogens (tertiary/aromatic N) is 4. The van der Waals surface area contributed by atoms with Crippen LogP contribution in [0.2, 0.25) is 0 Å². The summed E-state index contributed by atoms with van der Waals surface area (Å²) in [7, 11) is 0. The first-order chi connectivity index (χ1) is 8.65. The zero-order valence-electron chi connectivity index (χ0n) is 9.18. The van der Waals surface area contributed by atoms with Crippen molar-refractivity contribution in [2.24, 2.45) is 0 Å². The van der Waals surface area contributed by atoms with Gasteiger partial charge >= 0.3 is 5.95 Å². The average Bonchev–Trinajstić information content (AvgIpc) is 2.78. The van der Waals surface area contributed by atoms with Crippen molar-refractivity contribution >= 4 is 17.5 Å². The second-order valence-corrected chi connectivity index (χ2v) is 3.41. The van der Waals surface area contributed by atoms with E-state index in [9.17, 15) is 14.9 Å². The molecule has 0 spiro atoms. The van der Waals surface area contributed by atoms with Gasteiger partial charge in [0.15, 0.2) is 0 Å². The number of para-hydroxylation sites is 1. The number of hydrogen-bond donors (Lipinski definition) is 1. The maximum absolute atomic E-state index is 11.6. The molecule has 0 saturated heterocycles. The van der Waals surface area contributed by atoms with E-state index in [2.05, 4.69) is 15.4 Å². The molecule has 0 unspecified atom stereocenters. The van der Waals surface area contributed by atoms with Gasteiger partial charge in [0.2, 0.25) is 12.2 Å². The Bertz CT molecular complexity index is 566. The smallest absolute Gasteiger partial charge is 0.390 e. The highest BCUT2D eigenvalue weighted by Gasteiger charge is 2.15. The normalized spacial score (nSPS) is 10.0. The minimum Gasteiger partial charge on any atom is -0.390 e. The Morgan fingerprint density at radius 2 is 2.11 bits per heavy atom. The van der Waals surface area contributed by atoms with E-state index in [1.807, 2.05) is 6.07 Å². The summed E-state index contributed by atoms with van der Waals surface area (Å²) in [4.78, 5) is 24.7. The summed E-state index contributed by atoms with van der Waals surface area (Å²) >= 11 is 0. The van der Waals surface area contributed by atoms with Gasteiger partial charge in [0, 0.05) is 10.8 Å². The standard InChI is InChI=1S/C10H9N5O3/c16-9(12-8-4-2-1-3-5-8)6-14-7-11-10(13-14)15(17)18/h1-5,7H,6H2,(H,12,16). The van der Waals surface area contributed by atoms with E-state index >= 15 is 0 Å². The van der Waals surface area contributed by atoms with Crippen molar-refractivity contribution in [1.82, 2.24) is 14.8 Å². The molecule has 0 fully saturated rings. The Hall–Kier alpha value is -2.77. The second kappa shape index (κ2) is 5.04. The molecule has 1 heterocycles. The summed E-state index contributed by atoms with van der Waals surface area (Å²) in [5.74, 6) is -0.858. The van der Waals surface area contributed by atoms with E-state index < -0.39 is 10.9 Å². The summed E-state index contributed by atoms with van der Waals surface area (Å²) < 4.78 is 1.11. The van der Waals surface area contributed by atoms with Gasteiger partial charge in [-0.1, -0.05) is 23.2 Å². The van der Waals surface area contributed by atoms with Crippen molar-refractivity contribution < 1.29 is 9.72 Å². The second-order valence-electron chi connectivity index (χ2n) is 3.41. The van der Waals surface area contributed by atoms with Gasteiger partial charge in [-0.3, -0.25) is 4.79 Å². The number of hydrogen-bond acceptors (Lipinski definition) is 5. The molecule has 92 valence electrons. The van der Waals surface area contributed by atoms with Crippen molar-refractivity contribution in [2.45, 2.75) is 6.54 Å². The van der Waals surface area contributed by atoms with Crippen LogP contribution in [-0.2, 0) is 11.3 Å². The molecule has 8 nitrogen and oxygen atoms in total. The van der Waals surface area contributed by atoms with E-state index in [1.165, 1.54) is 0 Å². The molecule has 1 amide bonds. The van der Waals surface area contributed by atoms with Gasteiger partial charge in [0.25, 0.3) is 0 Å². The quantitative estimate of drug-likeness (QED) is 0.636. The molecule has 0 saturated carbocycles. The van der Waals surface area contributed by atoms with E-state index in [1.54, 1.807) is 24.3 Å². The topological polar surface area (TPSA) is 103 Å². The van der Waals surface area contributed by atoms with Crippen LogP contribution in [0.4, 0.5) is 11.6 Å². The Kier molecular flexibility index (Phi) is 3.28. The Labute approximate surface area is 101 Å². The largest absolute Gasteiger partial charge is 0.490 e. The van der Waals surface area contributed by atoms with Crippen LogP contribution in [0, 0.1) is 10.1 Å². The average molecular weight is 247 g/mol. The molecule has 0 aliphatic carbocycles. The first-order valence-corrected chi connectivity index (χ1v) is 5.04. The van der Waals surface area contributed by atoms with Crippen molar-refractivity contribution in [1.29, 1.82) is 0 Å². The summed E-state index contributed by atoms with van der Waals surface area (Å²) in [6.07, 6.45) is 1.14. The minimum absolute atomic E-state index is 0.129. The molecule has 0 bridgehead atoms. The minimum atomic E-state index is -0.717. The van der Waals surface area contributed by atoms with Gasteiger partial charge in [-0.15, -0.1) is 0 Å². The number of benzene rings is 1. The number of rotatable bonds is 4. The number of aromatic nitrogens is 3. The molecular formula is C10H9N5O3. The highest BCUT2D eigenvalue weighted by Crippen LogP contribution is 2.05. The lowest BCUT2D eigenvalue weighted by molar-refractivity contribution is -0.394. The molecule has 18 heavy (non-hydrogen) atoms. The summed E-state index contributed by atoms with van der Waals surface area (Å²) in [5, 5.41) is 16.5. The summed E-state index contributed by atoms with van der Waals surface area (Å²) in [6.45, 7) is -0.129. The van der Waals surface area contributed by atoms with E-state index in [-0.39, 0.29) is 12.5 Å². The van der Waals surface area contributed by atoms with Crippen molar-refractivity contribution in [3.8, 4) is 0 Å². The fourth-order valence-corrected chi connectivity index (χ4v) is 1.31. The fraction of sp³-hybridized carbons (Fsp3) is 0.100. The highest BCUT2D eigenvalue weighted by molar-refractivity contribution is 5.90. The van der Waals surface area contributed by atoms with Crippen molar-refractivity contribution in [3.63, 3.8) is 0 Å². The molecule has 0 radical (unpaired) electrons. The van der Waals surface area contributed by atoms with E-state index in [0.717, 1.165) is 11.0 Å². The number of nitrogens with one attached hydrogen (secondary N) is 1. The lowest BCUT2D eigenvalue weighted by atomic mass is 10.3. The lowest BCUT2D eigenvalue weighted by Gasteiger charge is -2.02. The predicted octanol–water partition coefficient (Wildman–Crippen LogP) is 0.825. The van der Waals surface area contributed by atoms with Crippen LogP contribution < -0.4 is 5.32 Å². The van der Waals surface area contributed by atoms with Gasteiger partial charge in [-0.2, -0.15) is 4.68 Å². The summed E-state index contributed by atoms with van der Waals surface area (Å²) in [6, 6.07) is 8.88. The maximum Gasteiger partial charge on any atom is 0.490 e. The Balaban J connectivity index is 1.97. The van der Waals surface area contributed by atoms with Crippen molar-refractivity contribution in [3.05, 3.63) is 46.8 Å². The zero-order valence-corrected chi connectivity index (χ0v) is 9.18. The highest BCUT2D eigenvalue weighted by atomic mass is 16.6. The Morgan fingerprint density at radius 1 is 1.39 bits per heavy atom. The van der Waals surface area contributed by atoms with Gasteiger partial charge in [0.05, 0.1) is 0 Å². The third-order valence-corrected chi connectivity index (χ3v) is 2.05. The third kappa shape index (κ3) is 2.88. The van der Waals surface area contributed by atoms with E-state index in [0.29, 0.717) is 5.69 Å². The van der Waals surface area contributed by atoms with Crippen LogP contribution in [-0.4, -0.2) is 25.6 Å². The van der Waals surface area contributed by atoms with Crippen LogP contribution >= 0.6 is 0 Å². The molecule has 0 aliphatic rings. The van der Waals surface area contributed by atoms with Crippen LogP contribution in [0.3, 0.4) is 0 Å². The van der Waals surface area contributed by atoms with Gasteiger partial charge in [0.1, 0.15) is 6.54 Å². The zero-order chi connectivity index (χ0) is 13.0. The molecule has 1 aromatic carbocycles. The van der Waals surface area contributed by atoms with Gasteiger partial charge in [-0.05, 0) is 17.1 Å². The number of amides is 1. The first kappa shape index (κ1) is 11.7. The molecule has 0 aliphatic heterocycles. The number of carbonyl (C=O) groups is 1. The molecule has 1 aromatic heterocycles. The molecule has 2 rings (SSSR count). The third-order valence-electron chi connectivity index (χ3n) is 2.05. The summed E-state index contributed by atoms with van der Waals surface area (Å²) in [5.41, 5.74) is 0.650. The van der Waals surface area contributed by atoms with Gasteiger partial charge < -0.3 is 15.4 Å². The molecule has 1 N–H and O–H groups in total. The number of anilines is 1. The molecular weight excluding hydrogens is 238 g/mol. The van der Waals surface area contributed by atoms with Crippen LogP contribution in [0.1, 0.15) is 0 Å². The number of nitro groups is 1. The van der Waals surface area contributed by atoms with Crippen LogP contribution in [0.25, 0.3) is 0 Å². The maximum atomic E-state index is 11.6. The molecule has 0 atom stereocenters. The Morgan fingerprint density at radius 3 is 2.72 bits per heavy atom. The van der Waals surface area contributed by atoms with Crippen molar-refractivity contribution in [2.75, 3.05) is 5.32 Å². The fourth-order valence-electron chi connectivity index (χ4n) is 1.31. The lowest BCUT2D eigenvalue weighted by Crippen LogP contribution is -2.19. The SMILES string of the molecule is O=C(Cn1cnc([N+](=O)[O-])n1)Nc1ccccc1. The molecule has 2 aromatic rings. The molecule has 8 heteroatoms. The predicted molar refractivity (Wildman–Crippen MR) is 61.7 cm³/mol. The van der Waals surface area contributed by atoms with E-state index in [4.69, 9.17) is 0 Å². The van der Waals surface area contributed by atoms with Crippen LogP contribution in [0.5, 0.6) is 0 Å². The van der Waals surface area contributed by atoms with Crippen LogP contribution in [0.15, 0.2) is 36.7 Å². The monoisotopic (exact) mass is 247 g/mol. The van der Waals surface area contributed by atoms with Gasteiger partial charge in [-0.25, -0.2) is 0 Å². The number of carbonyl (C=O) groups excluding carboxylic acids is 1. The first-order valence-electron chi connectivity index (χ1n) is 5.04.